The number of rotatable bonds is 10. The normalized spacial score (nSPS) is 12.3. The summed E-state index contributed by atoms with van der Waals surface area (Å²) >= 11 is 0. The lowest BCUT2D eigenvalue weighted by Gasteiger charge is -2.16. The van der Waals surface area contributed by atoms with E-state index in [1.165, 1.54) is 4.31 Å². The Hall–Kier alpha value is -0.880. The average Bonchev–Trinajstić information content (AvgIpc) is 3.05. The molecule has 0 unspecified atom stereocenters. The summed E-state index contributed by atoms with van der Waals surface area (Å²) in [5, 5.41) is 10.4. The van der Waals surface area contributed by atoms with Crippen LogP contribution in [0.3, 0.4) is 0 Å². The second-order valence-corrected chi connectivity index (χ2v) is 8.43. The zero-order valence-electron chi connectivity index (χ0n) is 16.3. The van der Waals surface area contributed by atoms with Gasteiger partial charge in [-0.05, 0) is 26.2 Å². The molecule has 1 aromatic heterocycles. The monoisotopic (exact) mass is 501 g/mol. The van der Waals surface area contributed by atoms with E-state index in [1.54, 1.807) is 14.0 Å². The van der Waals surface area contributed by atoms with Crippen LogP contribution in [-0.2, 0) is 16.6 Å². The first-order valence-electron chi connectivity index (χ1n) is 8.71. The third kappa shape index (κ3) is 8.67. The molecular formula is C16H32IN5O3S. The fraction of sp³-hybridized carbons (Fsp3) is 0.750. The predicted molar refractivity (Wildman–Crippen MR) is 116 cm³/mol. The van der Waals surface area contributed by atoms with Crippen molar-refractivity contribution < 1.29 is 12.9 Å². The Morgan fingerprint density at radius 1 is 1.35 bits per heavy atom. The van der Waals surface area contributed by atoms with E-state index in [4.69, 9.17) is 4.52 Å². The fourth-order valence-electron chi connectivity index (χ4n) is 2.04. The molecule has 0 amide bonds. The Balaban J connectivity index is 0.00000625. The van der Waals surface area contributed by atoms with Crippen molar-refractivity contribution in [1.82, 2.24) is 20.1 Å². The molecule has 0 atom stereocenters. The number of sulfonamides is 1. The van der Waals surface area contributed by atoms with Crippen LogP contribution in [0.1, 0.15) is 51.5 Å². The van der Waals surface area contributed by atoms with E-state index >= 15 is 0 Å². The summed E-state index contributed by atoms with van der Waals surface area (Å²) in [5.74, 6) is 1.83. The van der Waals surface area contributed by atoms with Crippen molar-refractivity contribution in [2.75, 3.05) is 32.4 Å². The van der Waals surface area contributed by atoms with Gasteiger partial charge in [0.2, 0.25) is 10.0 Å². The van der Waals surface area contributed by atoms with E-state index in [1.807, 2.05) is 13.0 Å². The van der Waals surface area contributed by atoms with Crippen molar-refractivity contribution in [3.63, 3.8) is 0 Å². The average molecular weight is 501 g/mol. The first kappa shape index (κ1) is 25.1. The van der Waals surface area contributed by atoms with Gasteiger partial charge >= 0.3 is 0 Å². The molecular weight excluding hydrogens is 469 g/mol. The van der Waals surface area contributed by atoms with Crippen LogP contribution in [0.2, 0.25) is 0 Å². The quantitative estimate of drug-likeness (QED) is 0.221. The smallest absolute Gasteiger partial charge is 0.213 e. The zero-order chi connectivity index (χ0) is 18.9. The van der Waals surface area contributed by atoms with Crippen LogP contribution in [0.15, 0.2) is 15.6 Å². The topological polar surface area (TPSA) is 99.8 Å². The van der Waals surface area contributed by atoms with Crippen LogP contribution in [0, 0.1) is 0 Å². The van der Waals surface area contributed by atoms with Gasteiger partial charge in [0, 0.05) is 32.7 Å². The number of hydrogen-bond acceptors (Lipinski definition) is 5. The summed E-state index contributed by atoms with van der Waals surface area (Å²) in [6, 6.07) is 1.92. The summed E-state index contributed by atoms with van der Waals surface area (Å²) in [6.45, 7) is 10.0. The first-order chi connectivity index (χ1) is 11.8. The van der Waals surface area contributed by atoms with Gasteiger partial charge in [-0.3, -0.25) is 0 Å². The maximum Gasteiger partial charge on any atom is 0.213 e. The van der Waals surface area contributed by atoms with Gasteiger partial charge in [0.15, 0.2) is 11.7 Å². The number of aromatic nitrogens is 1. The first-order valence-corrected chi connectivity index (χ1v) is 10.3. The molecule has 152 valence electrons. The van der Waals surface area contributed by atoms with E-state index in [2.05, 4.69) is 34.6 Å². The number of aliphatic imine (C=N–C) groups is 1. The third-order valence-corrected chi connectivity index (χ3v) is 5.55. The van der Waals surface area contributed by atoms with Crippen LogP contribution in [0.4, 0.5) is 0 Å². The van der Waals surface area contributed by atoms with Gasteiger partial charge in [-0.1, -0.05) is 19.0 Å². The SMILES string of the molecule is CCNC(=NCc1cc(C(C)C)no1)NCCCN(C)S(=O)(=O)CC.I. The number of halogens is 1. The highest BCUT2D eigenvalue weighted by Crippen LogP contribution is 2.14. The largest absolute Gasteiger partial charge is 0.359 e. The minimum atomic E-state index is -3.12. The number of guanidine groups is 1. The van der Waals surface area contributed by atoms with Crippen molar-refractivity contribution in [3.05, 3.63) is 17.5 Å². The zero-order valence-corrected chi connectivity index (χ0v) is 19.4. The van der Waals surface area contributed by atoms with E-state index in [-0.39, 0.29) is 29.7 Å². The van der Waals surface area contributed by atoms with Crippen molar-refractivity contribution >= 4 is 40.0 Å². The van der Waals surface area contributed by atoms with Crippen molar-refractivity contribution in [1.29, 1.82) is 0 Å². The lowest BCUT2D eigenvalue weighted by Crippen LogP contribution is -2.39. The van der Waals surface area contributed by atoms with Crippen molar-refractivity contribution in [2.45, 2.75) is 46.6 Å². The summed E-state index contributed by atoms with van der Waals surface area (Å²) in [4.78, 5) is 4.47. The van der Waals surface area contributed by atoms with E-state index in [9.17, 15) is 8.42 Å². The molecule has 10 heteroatoms. The van der Waals surface area contributed by atoms with Crippen molar-refractivity contribution in [3.8, 4) is 0 Å². The molecule has 8 nitrogen and oxygen atoms in total. The Morgan fingerprint density at radius 2 is 2.04 bits per heavy atom. The molecule has 0 fully saturated rings. The summed E-state index contributed by atoms with van der Waals surface area (Å²) in [7, 11) is -1.51. The molecule has 0 spiro atoms. The second-order valence-electron chi connectivity index (χ2n) is 6.07. The summed E-state index contributed by atoms with van der Waals surface area (Å²) < 4.78 is 30.0. The molecule has 0 aliphatic rings. The van der Waals surface area contributed by atoms with Gasteiger partial charge in [-0.25, -0.2) is 17.7 Å². The number of hydrogen-bond donors (Lipinski definition) is 2. The maximum absolute atomic E-state index is 11.7. The predicted octanol–water partition coefficient (Wildman–Crippen LogP) is 2.14. The van der Waals surface area contributed by atoms with Gasteiger partial charge < -0.3 is 15.2 Å². The van der Waals surface area contributed by atoms with Gasteiger partial charge in [0.25, 0.3) is 0 Å². The Labute approximate surface area is 174 Å². The lowest BCUT2D eigenvalue weighted by atomic mass is 10.1. The molecule has 0 saturated heterocycles. The van der Waals surface area contributed by atoms with E-state index in [0.29, 0.717) is 37.9 Å². The fourth-order valence-corrected chi connectivity index (χ4v) is 2.89. The minimum Gasteiger partial charge on any atom is -0.359 e. The lowest BCUT2D eigenvalue weighted by molar-refractivity contribution is 0.376. The molecule has 2 N–H and O–H groups in total. The minimum absolute atomic E-state index is 0. The van der Waals surface area contributed by atoms with Gasteiger partial charge in [0.1, 0.15) is 6.54 Å². The highest BCUT2D eigenvalue weighted by molar-refractivity contribution is 14.0. The van der Waals surface area contributed by atoms with Crippen molar-refractivity contribution in [2.24, 2.45) is 4.99 Å². The summed E-state index contributed by atoms with van der Waals surface area (Å²) in [5.41, 5.74) is 0.920. The van der Waals surface area contributed by atoms with Gasteiger partial charge in [0.05, 0.1) is 11.4 Å². The molecule has 1 aromatic rings. The molecule has 1 rings (SSSR count). The molecule has 1 heterocycles. The van der Waals surface area contributed by atoms with Crippen LogP contribution in [0.5, 0.6) is 0 Å². The number of nitrogens with zero attached hydrogens (tertiary/aromatic N) is 3. The van der Waals surface area contributed by atoms with Gasteiger partial charge in [-0.15, -0.1) is 24.0 Å². The molecule has 0 radical (unpaired) electrons. The summed E-state index contributed by atoms with van der Waals surface area (Å²) in [6.07, 6.45) is 0.694. The van der Waals surface area contributed by atoms with Crippen LogP contribution in [0.25, 0.3) is 0 Å². The molecule has 0 aliphatic carbocycles. The second kappa shape index (κ2) is 12.5. The van der Waals surface area contributed by atoms with Gasteiger partial charge in [-0.2, -0.15) is 0 Å². The molecule has 26 heavy (non-hydrogen) atoms. The Kier molecular flexibility index (Phi) is 12.1. The highest BCUT2D eigenvalue weighted by Gasteiger charge is 2.14. The molecule has 0 aliphatic heterocycles. The highest BCUT2D eigenvalue weighted by atomic mass is 127. The van der Waals surface area contributed by atoms with E-state index in [0.717, 1.165) is 18.0 Å². The van der Waals surface area contributed by atoms with E-state index < -0.39 is 10.0 Å². The third-order valence-electron chi connectivity index (χ3n) is 3.69. The van der Waals surface area contributed by atoms with Crippen LogP contribution in [-0.4, -0.2) is 56.3 Å². The number of nitrogens with one attached hydrogen (secondary N) is 2. The van der Waals surface area contributed by atoms with Crippen LogP contribution < -0.4 is 10.6 Å². The molecule has 0 saturated carbocycles. The maximum atomic E-state index is 11.7. The molecule has 0 bridgehead atoms. The van der Waals surface area contributed by atoms with Crippen LogP contribution >= 0.6 is 24.0 Å². The standard InChI is InChI=1S/C16H31N5O3S.HI/c1-6-17-16(18-9-8-10-21(5)25(22,23)7-2)19-12-14-11-15(13(3)4)20-24-14;/h11,13H,6-10,12H2,1-5H3,(H2,17,18,19);1H. The molecule has 0 aromatic carbocycles. The Morgan fingerprint density at radius 3 is 2.58 bits per heavy atom. The Bertz CT molecular complexity index is 646.